The minimum atomic E-state index is -4.54. The minimum Gasteiger partial charge on any atom is -0.492 e. The highest BCUT2D eigenvalue weighted by molar-refractivity contribution is 6.31. The molecule has 0 saturated carbocycles. The Balaban J connectivity index is 1.91. The third kappa shape index (κ3) is 3.86. The van der Waals surface area contributed by atoms with Gasteiger partial charge in [-0.25, -0.2) is 4.68 Å². The fourth-order valence-corrected chi connectivity index (χ4v) is 3.93. The number of hydrogen-bond donors (Lipinski definition) is 1. The Hall–Kier alpha value is -2.67. The molecule has 2 aromatic carbocycles. The van der Waals surface area contributed by atoms with Gasteiger partial charge in [-0.15, -0.1) is 0 Å². The smallest absolute Gasteiger partial charge is 0.417 e. The summed E-state index contributed by atoms with van der Waals surface area (Å²) in [6.07, 6.45) is -1.92. The van der Waals surface area contributed by atoms with Gasteiger partial charge >= 0.3 is 6.18 Å². The maximum atomic E-state index is 13.4. The number of benzene rings is 2. The summed E-state index contributed by atoms with van der Waals surface area (Å²) in [5.41, 5.74) is 1.68. The summed E-state index contributed by atoms with van der Waals surface area (Å²) in [6.45, 7) is 3.16. The van der Waals surface area contributed by atoms with Crippen LogP contribution in [-0.2, 0) is 12.6 Å². The third-order valence-electron chi connectivity index (χ3n) is 5.07. The molecule has 2 heterocycles. The lowest BCUT2D eigenvalue weighted by molar-refractivity contribution is -0.137. The van der Waals surface area contributed by atoms with E-state index in [1.54, 1.807) is 10.7 Å². The molecular weight excluding hydrogens is 415 g/mol. The lowest BCUT2D eigenvalue weighted by atomic mass is 10.0. The minimum absolute atomic E-state index is 0.323. The number of anilines is 1. The molecule has 0 bridgehead atoms. The lowest BCUT2D eigenvalue weighted by Crippen LogP contribution is -2.08. The molecule has 0 aliphatic carbocycles. The van der Waals surface area contributed by atoms with Crippen molar-refractivity contribution in [3.8, 4) is 22.7 Å². The van der Waals surface area contributed by atoms with Crippen LogP contribution >= 0.6 is 11.6 Å². The zero-order valence-electron chi connectivity index (χ0n) is 16.4. The molecule has 4 rings (SSSR count). The monoisotopic (exact) mass is 435 g/mol. The van der Waals surface area contributed by atoms with Gasteiger partial charge in [0.25, 0.3) is 0 Å². The van der Waals surface area contributed by atoms with Crippen molar-refractivity contribution in [1.82, 2.24) is 9.78 Å². The third-order valence-corrected chi connectivity index (χ3v) is 5.40. The number of halogens is 4. The van der Waals surface area contributed by atoms with Crippen LogP contribution in [-0.4, -0.2) is 22.9 Å². The van der Waals surface area contributed by atoms with E-state index >= 15 is 0 Å². The summed E-state index contributed by atoms with van der Waals surface area (Å²) in [7, 11) is 0. The van der Waals surface area contributed by atoms with E-state index in [9.17, 15) is 13.2 Å². The van der Waals surface area contributed by atoms with Gasteiger partial charge in [-0.05, 0) is 50.5 Å². The predicted octanol–water partition coefficient (Wildman–Crippen LogP) is 6.36. The molecule has 0 atom stereocenters. The molecule has 0 radical (unpaired) electrons. The van der Waals surface area contributed by atoms with E-state index in [4.69, 9.17) is 21.4 Å². The second-order valence-electron chi connectivity index (χ2n) is 7.06. The Bertz CT molecular complexity index is 1060. The highest BCUT2D eigenvalue weighted by atomic mass is 35.5. The molecule has 0 saturated heterocycles. The van der Waals surface area contributed by atoms with E-state index in [0.29, 0.717) is 23.6 Å². The number of nitrogens with zero attached hydrogens (tertiary/aromatic N) is 2. The molecule has 4 nitrogen and oxygen atoms in total. The number of nitrogens with one attached hydrogen (secondary N) is 1. The Morgan fingerprint density at radius 1 is 1.17 bits per heavy atom. The molecule has 1 aromatic heterocycles. The summed E-state index contributed by atoms with van der Waals surface area (Å²) >= 11 is 5.82. The summed E-state index contributed by atoms with van der Waals surface area (Å²) in [4.78, 5) is 0. The first kappa shape index (κ1) is 20.6. The van der Waals surface area contributed by atoms with Gasteiger partial charge in [-0.2, -0.15) is 18.3 Å². The van der Waals surface area contributed by atoms with Crippen molar-refractivity contribution >= 4 is 17.4 Å². The molecule has 30 heavy (non-hydrogen) atoms. The molecule has 1 aliphatic heterocycles. The van der Waals surface area contributed by atoms with Crippen LogP contribution in [0, 0.1) is 0 Å². The second-order valence-corrected chi connectivity index (χ2v) is 7.47. The van der Waals surface area contributed by atoms with Gasteiger partial charge in [0.05, 0.1) is 22.9 Å². The number of aromatic nitrogens is 2. The second kappa shape index (κ2) is 8.22. The van der Waals surface area contributed by atoms with Crippen LogP contribution in [0.5, 0.6) is 5.75 Å². The normalized spacial score (nSPS) is 14.0. The van der Waals surface area contributed by atoms with Crippen molar-refractivity contribution in [2.24, 2.45) is 0 Å². The number of hydrogen-bond acceptors (Lipinski definition) is 3. The van der Waals surface area contributed by atoms with Crippen LogP contribution in [0.4, 0.5) is 19.0 Å². The van der Waals surface area contributed by atoms with Crippen LogP contribution < -0.4 is 10.1 Å². The molecule has 0 amide bonds. The topological polar surface area (TPSA) is 39.1 Å². The number of fused-ring (bicyclic) bond motifs is 1. The van der Waals surface area contributed by atoms with E-state index < -0.39 is 11.7 Å². The zero-order chi connectivity index (χ0) is 21.3. The molecule has 158 valence electrons. The van der Waals surface area contributed by atoms with Crippen LogP contribution in [0.2, 0.25) is 5.02 Å². The van der Waals surface area contributed by atoms with Gasteiger partial charge in [0.1, 0.15) is 17.3 Å². The molecular formula is C22H21ClF3N3O. The molecule has 0 unspecified atom stereocenters. The molecule has 3 aromatic rings. The van der Waals surface area contributed by atoms with Gasteiger partial charge < -0.3 is 10.1 Å². The highest BCUT2D eigenvalue weighted by Gasteiger charge is 2.34. The van der Waals surface area contributed by atoms with Gasteiger partial charge in [-0.3, -0.25) is 0 Å². The summed E-state index contributed by atoms with van der Waals surface area (Å²) < 4.78 is 47.7. The number of para-hydroxylation sites is 2. The molecule has 8 heteroatoms. The molecule has 1 N–H and O–H groups in total. The number of ether oxygens (including phenoxy) is 1. The number of rotatable bonds is 4. The van der Waals surface area contributed by atoms with Crippen molar-refractivity contribution in [2.45, 2.75) is 32.4 Å². The fourth-order valence-electron chi connectivity index (χ4n) is 3.71. The maximum absolute atomic E-state index is 13.4. The maximum Gasteiger partial charge on any atom is 0.417 e. The van der Waals surface area contributed by atoms with Crippen LogP contribution in [0.25, 0.3) is 16.9 Å². The first-order valence-electron chi connectivity index (χ1n) is 9.85. The Morgan fingerprint density at radius 3 is 2.73 bits per heavy atom. The first-order chi connectivity index (χ1) is 14.4. The van der Waals surface area contributed by atoms with E-state index in [-0.39, 0.29) is 5.02 Å². The largest absolute Gasteiger partial charge is 0.492 e. The van der Waals surface area contributed by atoms with Crippen molar-refractivity contribution < 1.29 is 17.9 Å². The summed E-state index contributed by atoms with van der Waals surface area (Å²) in [5, 5.41) is 7.82. The van der Waals surface area contributed by atoms with Crippen LogP contribution in [0.15, 0.2) is 42.5 Å². The van der Waals surface area contributed by atoms with E-state index in [0.717, 1.165) is 48.9 Å². The van der Waals surface area contributed by atoms with Gasteiger partial charge in [-0.1, -0.05) is 29.8 Å². The van der Waals surface area contributed by atoms with Crippen molar-refractivity contribution in [1.29, 1.82) is 0 Å². The zero-order valence-corrected chi connectivity index (χ0v) is 17.1. The Kier molecular flexibility index (Phi) is 5.64. The summed E-state index contributed by atoms with van der Waals surface area (Å²) in [6, 6.07) is 11.4. The van der Waals surface area contributed by atoms with Crippen molar-refractivity contribution in [3.05, 3.63) is 58.6 Å². The van der Waals surface area contributed by atoms with Crippen molar-refractivity contribution in [2.75, 3.05) is 18.5 Å². The average Bonchev–Trinajstić information content (AvgIpc) is 2.89. The first-order valence-corrected chi connectivity index (χ1v) is 10.2. The number of alkyl halides is 3. The van der Waals surface area contributed by atoms with Crippen molar-refractivity contribution in [3.63, 3.8) is 0 Å². The highest BCUT2D eigenvalue weighted by Crippen LogP contribution is 2.40. The predicted molar refractivity (Wildman–Crippen MR) is 112 cm³/mol. The van der Waals surface area contributed by atoms with Gasteiger partial charge in [0, 0.05) is 17.7 Å². The standard InChI is InChI=1S/C22H21ClF3N3O/c1-2-30-19-9-4-3-8-18(19)29-21-15(7-5-6-12-27-21)20(28-29)14-10-11-17(23)16(13-14)22(24,25)26/h3-4,8-11,13,27H,2,5-7,12H2,1H3. The van der Waals surface area contributed by atoms with Gasteiger partial charge in [0.2, 0.25) is 0 Å². The molecule has 0 fully saturated rings. The SMILES string of the molecule is CCOc1ccccc1-n1nc(-c2ccc(Cl)c(C(F)(F)F)c2)c2c1NCCCC2. The molecule has 0 spiro atoms. The van der Waals surface area contributed by atoms with Gasteiger partial charge in [0.15, 0.2) is 0 Å². The van der Waals surface area contributed by atoms with Crippen LogP contribution in [0.3, 0.4) is 0 Å². The lowest BCUT2D eigenvalue weighted by Gasteiger charge is -2.13. The summed E-state index contributed by atoms with van der Waals surface area (Å²) in [5.74, 6) is 1.45. The Labute approximate surface area is 177 Å². The van der Waals surface area contributed by atoms with Crippen LogP contribution in [0.1, 0.15) is 30.9 Å². The van der Waals surface area contributed by atoms with E-state index in [1.807, 2.05) is 31.2 Å². The fraction of sp³-hybridized carbons (Fsp3) is 0.318. The van der Waals surface area contributed by atoms with E-state index in [2.05, 4.69) is 5.32 Å². The van der Waals surface area contributed by atoms with E-state index in [1.165, 1.54) is 6.07 Å². The Morgan fingerprint density at radius 2 is 1.97 bits per heavy atom. The molecule has 1 aliphatic rings. The quantitative estimate of drug-likeness (QED) is 0.518. The average molecular weight is 436 g/mol.